The van der Waals surface area contributed by atoms with E-state index in [1.807, 2.05) is 0 Å². The zero-order valence-corrected chi connectivity index (χ0v) is 15.0. The van der Waals surface area contributed by atoms with E-state index >= 15 is 0 Å². The fraction of sp³-hybridized carbons (Fsp3) is 0.235. The number of halogens is 6. The van der Waals surface area contributed by atoms with Gasteiger partial charge in [0.2, 0.25) is 11.5 Å². The average molecular weight is 433 g/mol. The van der Waals surface area contributed by atoms with E-state index in [0.29, 0.717) is 16.7 Å². The first-order valence-electron chi connectivity index (χ1n) is 8.43. The Bertz CT molecular complexity index is 1030. The second-order valence-corrected chi connectivity index (χ2v) is 6.17. The number of benzene rings is 1. The molecule has 160 valence electrons. The van der Waals surface area contributed by atoms with Crippen LogP contribution in [0.4, 0.5) is 43.8 Å². The highest BCUT2D eigenvalue weighted by molar-refractivity contribution is 5.94. The van der Waals surface area contributed by atoms with Gasteiger partial charge in [-0.3, -0.25) is 10.1 Å². The second-order valence-electron chi connectivity index (χ2n) is 6.17. The van der Waals surface area contributed by atoms with E-state index in [4.69, 9.17) is 0 Å². The standard InChI is InChI=1S/C17H14F6N6O/c18-16(19,20)7-25-13-11-5-6-24-12(11)28-15(29-13)27-10-3-1-9(2-4-10)14(30)26-8-17(21,22)23/h1-6H,7-8H2,(H,26,30)(H3,24,25,27,28,29)/p+1. The fourth-order valence-electron chi connectivity index (χ4n) is 2.49. The summed E-state index contributed by atoms with van der Waals surface area (Å²) in [6, 6.07) is 6.98. The summed E-state index contributed by atoms with van der Waals surface area (Å²) in [4.78, 5) is 21.4. The van der Waals surface area contributed by atoms with Gasteiger partial charge < -0.3 is 15.6 Å². The molecule has 0 fully saturated rings. The van der Waals surface area contributed by atoms with Gasteiger partial charge in [-0.15, -0.1) is 0 Å². The molecule has 0 aliphatic carbocycles. The third kappa shape index (κ3) is 5.75. The normalized spacial score (nSPS) is 12.1. The summed E-state index contributed by atoms with van der Waals surface area (Å²) < 4.78 is 74.1. The molecule has 0 unspecified atom stereocenters. The predicted molar refractivity (Wildman–Crippen MR) is 95.3 cm³/mol. The number of hydrogen-bond donors (Lipinski definition) is 4. The monoisotopic (exact) mass is 433 g/mol. The van der Waals surface area contributed by atoms with Crippen molar-refractivity contribution >= 4 is 34.4 Å². The van der Waals surface area contributed by atoms with Gasteiger partial charge in [-0.05, 0) is 30.3 Å². The minimum absolute atomic E-state index is 0.00842. The number of hydrogen-bond acceptors (Lipinski definition) is 4. The quantitative estimate of drug-likeness (QED) is 0.448. The van der Waals surface area contributed by atoms with Crippen LogP contribution in [0.2, 0.25) is 0 Å². The molecule has 13 heteroatoms. The number of alkyl halides is 6. The number of aromatic amines is 2. The van der Waals surface area contributed by atoms with Gasteiger partial charge >= 0.3 is 18.3 Å². The van der Waals surface area contributed by atoms with E-state index < -0.39 is 31.3 Å². The largest absolute Gasteiger partial charge is 0.415 e. The van der Waals surface area contributed by atoms with Gasteiger partial charge in [0, 0.05) is 11.8 Å². The number of nitrogens with zero attached hydrogens (tertiary/aromatic N) is 1. The molecule has 0 saturated carbocycles. The van der Waals surface area contributed by atoms with Gasteiger partial charge in [-0.1, -0.05) is 4.98 Å². The molecule has 0 radical (unpaired) electrons. The van der Waals surface area contributed by atoms with Crippen molar-refractivity contribution in [3.05, 3.63) is 42.1 Å². The maximum atomic E-state index is 12.5. The Kier molecular flexibility index (Phi) is 5.71. The van der Waals surface area contributed by atoms with Crippen molar-refractivity contribution in [3.63, 3.8) is 0 Å². The Labute approximate surface area is 164 Å². The minimum Gasteiger partial charge on any atom is -0.343 e. The van der Waals surface area contributed by atoms with Gasteiger partial charge in [0.15, 0.2) is 0 Å². The van der Waals surface area contributed by atoms with Crippen LogP contribution in [0.1, 0.15) is 10.4 Å². The third-order valence-electron chi connectivity index (χ3n) is 3.79. The van der Waals surface area contributed by atoms with Gasteiger partial charge in [0.1, 0.15) is 13.1 Å². The molecule has 3 rings (SSSR count). The molecule has 0 bridgehead atoms. The molecule has 0 atom stereocenters. The molecule has 7 nitrogen and oxygen atoms in total. The Morgan fingerprint density at radius 1 is 1.00 bits per heavy atom. The van der Waals surface area contributed by atoms with Crippen molar-refractivity contribution in [1.29, 1.82) is 0 Å². The van der Waals surface area contributed by atoms with E-state index in [1.165, 1.54) is 30.5 Å². The third-order valence-corrected chi connectivity index (χ3v) is 3.79. The summed E-state index contributed by atoms with van der Waals surface area (Å²) in [5.41, 5.74) is 0.733. The number of H-pyrrole nitrogens is 2. The number of carbonyl (C=O) groups is 1. The Hall–Kier alpha value is -3.51. The van der Waals surface area contributed by atoms with Crippen molar-refractivity contribution in [2.45, 2.75) is 12.4 Å². The lowest BCUT2D eigenvalue weighted by Crippen LogP contribution is -2.33. The lowest BCUT2D eigenvalue weighted by molar-refractivity contribution is -0.346. The number of anilines is 3. The molecule has 2 aromatic heterocycles. The summed E-state index contributed by atoms with van der Waals surface area (Å²) in [6.07, 6.45) is -7.43. The highest BCUT2D eigenvalue weighted by Crippen LogP contribution is 2.22. The Morgan fingerprint density at radius 2 is 1.67 bits per heavy atom. The van der Waals surface area contributed by atoms with E-state index in [-0.39, 0.29) is 17.3 Å². The zero-order valence-electron chi connectivity index (χ0n) is 15.0. The number of nitrogens with one attached hydrogen (secondary N) is 5. The molecule has 0 saturated heterocycles. The number of amides is 1. The SMILES string of the molecule is O=C(NCC(F)(F)F)c1ccc(Nc2nc3[nH]ccc3c(NCC(F)(F)F)[nH+]2)cc1. The Morgan fingerprint density at radius 3 is 2.30 bits per heavy atom. The van der Waals surface area contributed by atoms with Crippen LogP contribution in [0.3, 0.4) is 0 Å². The van der Waals surface area contributed by atoms with Crippen LogP contribution >= 0.6 is 0 Å². The number of rotatable bonds is 6. The van der Waals surface area contributed by atoms with Crippen LogP contribution in [0.5, 0.6) is 0 Å². The molecular weight excluding hydrogens is 418 g/mol. The van der Waals surface area contributed by atoms with E-state index in [1.54, 1.807) is 11.4 Å². The van der Waals surface area contributed by atoms with Crippen LogP contribution in [0.15, 0.2) is 36.5 Å². The van der Waals surface area contributed by atoms with E-state index in [9.17, 15) is 31.1 Å². The predicted octanol–water partition coefficient (Wildman–Crippen LogP) is 3.39. The van der Waals surface area contributed by atoms with Crippen molar-refractivity contribution in [1.82, 2.24) is 15.3 Å². The topological polar surface area (TPSA) is 96.0 Å². The van der Waals surface area contributed by atoms with Crippen molar-refractivity contribution in [3.8, 4) is 0 Å². The molecule has 5 N–H and O–H groups in total. The van der Waals surface area contributed by atoms with Crippen molar-refractivity contribution in [2.24, 2.45) is 0 Å². The first-order valence-corrected chi connectivity index (χ1v) is 8.43. The van der Waals surface area contributed by atoms with Gasteiger partial charge in [-0.2, -0.15) is 26.3 Å². The summed E-state index contributed by atoms with van der Waals surface area (Å²) in [6.45, 7) is -2.70. The first kappa shape index (κ1) is 21.2. The number of fused-ring (bicyclic) bond motifs is 1. The van der Waals surface area contributed by atoms with Gasteiger partial charge in [0.25, 0.3) is 5.91 Å². The molecule has 2 heterocycles. The molecular formula is C17H15F6N6O+. The smallest absolute Gasteiger partial charge is 0.343 e. The first-order chi connectivity index (χ1) is 14.0. The summed E-state index contributed by atoms with van der Waals surface area (Å²) >= 11 is 0. The highest BCUT2D eigenvalue weighted by atomic mass is 19.4. The molecule has 0 spiro atoms. The number of aromatic nitrogens is 3. The van der Waals surface area contributed by atoms with Crippen molar-refractivity contribution in [2.75, 3.05) is 23.7 Å². The average Bonchev–Trinajstić information content (AvgIpc) is 3.12. The summed E-state index contributed by atoms with van der Waals surface area (Å²) in [5.74, 6) is -0.705. The molecule has 1 amide bonds. The van der Waals surface area contributed by atoms with Crippen LogP contribution in [0, 0.1) is 0 Å². The van der Waals surface area contributed by atoms with E-state index in [0.717, 1.165) is 0 Å². The lowest BCUT2D eigenvalue weighted by atomic mass is 10.2. The molecule has 1 aromatic carbocycles. The fourth-order valence-corrected chi connectivity index (χ4v) is 2.49. The second kappa shape index (κ2) is 8.08. The highest BCUT2D eigenvalue weighted by Gasteiger charge is 2.29. The maximum Gasteiger partial charge on any atom is 0.415 e. The van der Waals surface area contributed by atoms with Crippen LogP contribution in [-0.2, 0) is 0 Å². The van der Waals surface area contributed by atoms with Crippen molar-refractivity contribution < 1.29 is 36.1 Å². The molecule has 0 aliphatic rings. The molecule has 30 heavy (non-hydrogen) atoms. The van der Waals surface area contributed by atoms with Gasteiger partial charge in [-0.25, -0.2) is 4.98 Å². The van der Waals surface area contributed by atoms with Crippen LogP contribution in [0.25, 0.3) is 11.0 Å². The summed E-state index contributed by atoms with van der Waals surface area (Å²) in [5, 5.41) is 7.26. The van der Waals surface area contributed by atoms with E-state index in [2.05, 4.69) is 25.6 Å². The van der Waals surface area contributed by atoms with Gasteiger partial charge in [0.05, 0.1) is 11.1 Å². The van der Waals surface area contributed by atoms with Crippen LogP contribution in [-0.4, -0.2) is 41.3 Å². The zero-order chi connectivity index (χ0) is 21.9. The molecule has 0 aliphatic heterocycles. The maximum absolute atomic E-state index is 12.5. The lowest BCUT2D eigenvalue weighted by Gasteiger charge is -2.09. The molecule has 3 aromatic rings. The Balaban J connectivity index is 1.73. The number of carbonyl (C=O) groups excluding carboxylic acids is 1. The minimum atomic E-state index is -4.52. The van der Waals surface area contributed by atoms with Crippen LogP contribution < -0.4 is 20.9 Å². The summed E-state index contributed by atoms with van der Waals surface area (Å²) in [7, 11) is 0.